The molecule has 0 saturated carbocycles. The standard InChI is InChI=1S/C13H11N3O4/c17-16(18)11-6-13-12(19-8-20-13)5-10(11)15-7-9-1-3-14-4-2-9/h1-6,15H,7-8H2. The molecule has 1 aliphatic heterocycles. The molecule has 7 heteroatoms. The van der Waals surface area contributed by atoms with Crippen LogP contribution in [0.15, 0.2) is 36.7 Å². The van der Waals surface area contributed by atoms with E-state index in [9.17, 15) is 10.1 Å². The number of nitrogens with zero attached hydrogens (tertiary/aromatic N) is 2. The first-order valence-corrected chi connectivity index (χ1v) is 5.95. The van der Waals surface area contributed by atoms with Crippen molar-refractivity contribution in [2.75, 3.05) is 12.1 Å². The summed E-state index contributed by atoms with van der Waals surface area (Å²) in [5.74, 6) is 0.902. The number of hydrogen-bond donors (Lipinski definition) is 1. The molecule has 0 unspecified atom stereocenters. The quantitative estimate of drug-likeness (QED) is 0.679. The lowest BCUT2D eigenvalue weighted by Crippen LogP contribution is -2.02. The summed E-state index contributed by atoms with van der Waals surface area (Å²) in [6, 6.07) is 6.64. The zero-order valence-electron chi connectivity index (χ0n) is 10.4. The van der Waals surface area contributed by atoms with E-state index in [1.165, 1.54) is 6.07 Å². The number of anilines is 1. The summed E-state index contributed by atoms with van der Waals surface area (Å²) in [7, 11) is 0. The van der Waals surface area contributed by atoms with E-state index in [-0.39, 0.29) is 12.5 Å². The monoisotopic (exact) mass is 273 g/mol. The molecule has 0 spiro atoms. The Balaban J connectivity index is 1.86. The first kappa shape index (κ1) is 12.2. The Morgan fingerprint density at radius 3 is 2.65 bits per heavy atom. The highest BCUT2D eigenvalue weighted by Gasteiger charge is 2.23. The minimum absolute atomic E-state index is 0.0386. The van der Waals surface area contributed by atoms with Gasteiger partial charge in [-0.3, -0.25) is 15.1 Å². The van der Waals surface area contributed by atoms with E-state index in [1.807, 2.05) is 12.1 Å². The molecule has 0 bridgehead atoms. The second-order valence-electron chi connectivity index (χ2n) is 4.19. The molecule has 1 N–H and O–H groups in total. The van der Waals surface area contributed by atoms with E-state index >= 15 is 0 Å². The molecular weight excluding hydrogens is 262 g/mol. The molecule has 20 heavy (non-hydrogen) atoms. The third kappa shape index (κ3) is 2.33. The Bertz CT molecular complexity index is 646. The van der Waals surface area contributed by atoms with Gasteiger partial charge in [-0.2, -0.15) is 0 Å². The molecule has 1 aromatic carbocycles. The first-order valence-electron chi connectivity index (χ1n) is 5.95. The average molecular weight is 273 g/mol. The minimum Gasteiger partial charge on any atom is -0.454 e. The lowest BCUT2D eigenvalue weighted by atomic mass is 10.2. The van der Waals surface area contributed by atoms with Crippen LogP contribution in [-0.4, -0.2) is 16.7 Å². The van der Waals surface area contributed by atoms with E-state index in [0.29, 0.717) is 23.7 Å². The molecule has 7 nitrogen and oxygen atoms in total. The fraction of sp³-hybridized carbons (Fsp3) is 0.154. The molecule has 0 radical (unpaired) electrons. The molecule has 0 fully saturated rings. The molecule has 0 atom stereocenters. The van der Waals surface area contributed by atoms with Gasteiger partial charge in [-0.15, -0.1) is 0 Å². The third-order valence-electron chi connectivity index (χ3n) is 2.92. The number of rotatable bonds is 4. The lowest BCUT2D eigenvalue weighted by Gasteiger charge is -2.08. The number of ether oxygens (including phenoxy) is 2. The fourth-order valence-electron chi connectivity index (χ4n) is 1.92. The molecule has 2 aromatic rings. The van der Waals surface area contributed by atoms with Gasteiger partial charge >= 0.3 is 0 Å². The van der Waals surface area contributed by atoms with Crippen LogP contribution < -0.4 is 14.8 Å². The Morgan fingerprint density at radius 1 is 1.25 bits per heavy atom. The van der Waals surface area contributed by atoms with Gasteiger partial charge in [0.1, 0.15) is 5.69 Å². The molecule has 0 amide bonds. The Hall–Kier alpha value is -2.83. The summed E-state index contributed by atoms with van der Waals surface area (Å²) < 4.78 is 10.4. The average Bonchev–Trinajstić information content (AvgIpc) is 2.92. The van der Waals surface area contributed by atoms with Crippen LogP contribution in [0, 0.1) is 10.1 Å². The second-order valence-corrected chi connectivity index (χ2v) is 4.19. The first-order chi connectivity index (χ1) is 9.74. The van der Waals surface area contributed by atoms with Crippen molar-refractivity contribution in [2.24, 2.45) is 0 Å². The minimum atomic E-state index is -0.448. The van der Waals surface area contributed by atoms with Crippen molar-refractivity contribution in [3.63, 3.8) is 0 Å². The van der Waals surface area contributed by atoms with Crippen molar-refractivity contribution in [1.82, 2.24) is 4.98 Å². The number of benzene rings is 1. The van der Waals surface area contributed by atoms with Crippen molar-refractivity contribution in [3.8, 4) is 11.5 Å². The highest BCUT2D eigenvalue weighted by molar-refractivity contribution is 5.69. The van der Waals surface area contributed by atoms with Gasteiger partial charge in [-0.25, -0.2) is 0 Å². The molecule has 3 rings (SSSR count). The highest BCUT2D eigenvalue weighted by Crippen LogP contribution is 2.40. The lowest BCUT2D eigenvalue weighted by molar-refractivity contribution is -0.384. The topological polar surface area (TPSA) is 86.5 Å². The van der Waals surface area contributed by atoms with Crippen LogP contribution in [0.1, 0.15) is 5.56 Å². The predicted octanol–water partition coefficient (Wildman–Crippen LogP) is 2.33. The number of nitro groups is 1. The molecule has 2 heterocycles. The van der Waals surface area contributed by atoms with Gasteiger partial charge in [0.15, 0.2) is 11.5 Å². The van der Waals surface area contributed by atoms with Gasteiger partial charge in [0.05, 0.1) is 11.0 Å². The van der Waals surface area contributed by atoms with Gasteiger partial charge in [0.2, 0.25) is 6.79 Å². The van der Waals surface area contributed by atoms with Crippen LogP contribution in [0.3, 0.4) is 0 Å². The summed E-state index contributed by atoms with van der Waals surface area (Å²) in [6.45, 7) is 0.545. The van der Waals surface area contributed by atoms with Crippen molar-refractivity contribution in [2.45, 2.75) is 6.54 Å². The Labute approximate surface area is 114 Å². The van der Waals surface area contributed by atoms with E-state index in [2.05, 4.69) is 10.3 Å². The number of aromatic nitrogens is 1. The summed E-state index contributed by atoms with van der Waals surface area (Å²) in [5.41, 5.74) is 1.34. The summed E-state index contributed by atoms with van der Waals surface area (Å²) >= 11 is 0. The predicted molar refractivity (Wildman–Crippen MR) is 70.8 cm³/mol. The van der Waals surface area contributed by atoms with Gasteiger partial charge < -0.3 is 14.8 Å². The van der Waals surface area contributed by atoms with Gasteiger partial charge in [-0.05, 0) is 17.7 Å². The molecule has 102 valence electrons. The summed E-state index contributed by atoms with van der Waals surface area (Å²) in [6.07, 6.45) is 3.34. The van der Waals surface area contributed by atoms with Crippen molar-refractivity contribution in [1.29, 1.82) is 0 Å². The van der Waals surface area contributed by atoms with Gasteiger partial charge in [-0.1, -0.05) is 0 Å². The number of pyridine rings is 1. The Morgan fingerprint density at radius 2 is 1.95 bits per heavy atom. The van der Waals surface area contributed by atoms with Gasteiger partial charge in [0.25, 0.3) is 5.69 Å². The van der Waals surface area contributed by atoms with Gasteiger partial charge in [0, 0.05) is 25.0 Å². The van der Waals surface area contributed by atoms with E-state index in [0.717, 1.165) is 5.56 Å². The maximum absolute atomic E-state index is 11.1. The number of hydrogen-bond acceptors (Lipinski definition) is 6. The van der Waals surface area contributed by atoms with Crippen LogP contribution >= 0.6 is 0 Å². The SMILES string of the molecule is O=[N+]([O-])c1cc2c(cc1NCc1ccncc1)OCO2. The number of nitro benzene ring substituents is 1. The number of fused-ring (bicyclic) bond motifs is 1. The van der Waals surface area contributed by atoms with Crippen LogP contribution in [-0.2, 0) is 6.54 Å². The van der Waals surface area contributed by atoms with E-state index in [4.69, 9.17) is 9.47 Å². The molecule has 0 aliphatic carbocycles. The van der Waals surface area contributed by atoms with Crippen LogP contribution in [0.5, 0.6) is 11.5 Å². The van der Waals surface area contributed by atoms with Crippen LogP contribution in [0.25, 0.3) is 0 Å². The van der Waals surface area contributed by atoms with Crippen molar-refractivity contribution in [3.05, 3.63) is 52.3 Å². The van der Waals surface area contributed by atoms with Crippen LogP contribution in [0.2, 0.25) is 0 Å². The van der Waals surface area contributed by atoms with Crippen LogP contribution in [0.4, 0.5) is 11.4 Å². The number of nitrogens with one attached hydrogen (secondary N) is 1. The van der Waals surface area contributed by atoms with Crippen molar-refractivity contribution >= 4 is 11.4 Å². The third-order valence-corrected chi connectivity index (χ3v) is 2.92. The maximum atomic E-state index is 11.1. The molecule has 1 aliphatic rings. The zero-order valence-corrected chi connectivity index (χ0v) is 10.4. The fourth-order valence-corrected chi connectivity index (χ4v) is 1.92. The largest absolute Gasteiger partial charge is 0.454 e. The zero-order chi connectivity index (χ0) is 13.9. The highest BCUT2D eigenvalue weighted by atomic mass is 16.7. The summed E-state index contributed by atoms with van der Waals surface area (Å²) in [5, 5.41) is 14.1. The molecule has 0 saturated heterocycles. The molecular formula is C13H11N3O4. The van der Waals surface area contributed by atoms with E-state index < -0.39 is 4.92 Å². The molecule has 1 aromatic heterocycles. The van der Waals surface area contributed by atoms with E-state index in [1.54, 1.807) is 18.5 Å². The van der Waals surface area contributed by atoms with Crippen molar-refractivity contribution < 1.29 is 14.4 Å². The summed E-state index contributed by atoms with van der Waals surface area (Å²) in [4.78, 5) is 14.6. The Kier molecular flexibility index (Phi) is 3.08. The maximum Gasteiger partial charge on any atom is 0.296 e. The smallest absolute Gasteiger partial charge is 0.296 e. The normalized spacial score (nSPS) is 12.2. The second kappa shape index (κ2) is 5.04.